The summed E-state index contributed by atoms with van der Waals surface area (Å²) in [6, 6.07) is 13.1. The number of carbonyl (C=O) groups excluding carboxylic acids is 2. The summed E-state index contributed by atoms with van der Waals surface area (Å²) in [6.07, 6.45) is 1.82. The third-order valence-electron chi connectivity index (χ3n) is 4.92. The average Bonchev–Trinajstić information content (AvgIpc) is 3.08. The van der Waals surface area contributed by atoms with Crippen LogP contribution in [0.5, 0.6) is 0 Å². The maximum absolute atomic E-state index is 12.9. The van der Waals surface area contributed by atoms with Gasteiger partial charge >= 0.3 is 0 Å². The highest BCUT2D eigenvalue weighted by molar-refractivity contribution is 8.18. The highest BCUT2D eigenvalue weighted by Crippen LogP contribution is 2.36. The van der Waals surface area contributed by atoms with Gasteiger partial charge in [0.1, 0.15) is 0 Å². The Morgan fingerprint density at radius 2 is 1.82 bits per heavy atom. The number of para-hydroxylation sites is 1. The number of aryl methyl sites for hydroxylation is 1. The van der Waals surface area contributed by atoms with E-state index in [0.717, 1.165) is 39.5 Å². The van der Waals surface area contributed by atoms with Gasteiger partial charge in [-0.25, -0.2) is 0 Å². The van der Waals surface area contributed by atoms with Crippen molar-refractivity contribution < 1.29 is 9.59 Å². The molecule has 4 nitrogen and oxygen atoms in total. The van der Waals surface area contributed by atoms with Gasteiger partial charge in [-0.05, 0) is 48.5 Å². The molecule has 4 rings (SSSR count). The SMILES string of the molecule is Cc1c(/C=C2\SC(=O)N(Cc3ccc(Cl)c(Cl)c3)C2=O)c2ccccc2n1C. The molecule has 1 saturated heterocycles. The maximum atomic E-state index is 12.9. The summed E-state index contributed by atoms with van der Waals surface area (Å²) in [7, 11) is 1.99. The molecule has 2 aromatic carbocycles. The molecule has 0 atom stereocenters. The Morgan fingerprint density at radius 3 is 2.57 bits per heavy atom. The van der Waals surface area contributed by atoms with E-state index in [1.807, 2.05) is 44.3 Å². The zero-order chi connectivity index (χ0) is 20.0. The summed E-state index contributed by atoms with van der Waals surface area (Å²) in [5.41, 5.74) is 3.83. The molecule has 1 aliphatic rings. The van der Waals surface area contributed by atoms with Crippen molar-refractivity contribution in [2.75, 3.05) is 0 Å². The first-order chi connectivity index (χ1) is 13.4. The third-order valence-corrected chi connectivity index (χ3v) is 6.57. The van der Waals surface area contributed by atoms with Gasteiger partial charge in [0.15, 0.2) is 0 Å². The van der Waals surface area contributed by atoms with E-state index in [1.165, 1.54) is 4.90 Å². The van der Waals surface area contributed by atoms with E-state index in [4.69, 9.17) is 23.2 Å². The van der Waals surface area contributed by atoms with Gasteiger partial charge in [-0.2, -0.15) is 0 Å². The lowest BCUT2D eigenvalue weighted by molar-refractivity contribution is -0.123. The number of aromatic nitrogens is 1. The van der Waals surface area contributed by atoms with Crippen LogP contribution in [0, 0.1) is 6.92 Å². The van der Waals surface area contributed by atoms with Crippen LogP contribution in [-0.4, -0.2) is 20.6 Å². The molecule has 0 N–H and O–H groups in total. The number of hydrogen-bond acceptors (Lipinski definition) is 3. The zero-order valence-electron chi connectivity index (χ0n) is 15.2. The lowest BCUT2D eigenvalue weighted by Crippen LogP contribution is -2.27. The van der Waals surface area contributed by atoms with Gasteiger partial charge in [0.05, 0.1) is 21.5 Å². The van der Waals surface area contributed by atoms with Gasteiger partial charge in [0.2, 0.25) is 0 Å². The van der Waals surface area contributed by atoms with Crippen LogP contribution in [0.1, 0.15) is 16.8 Å². The Balaban J connectivity index is 1.68. The van der Waals surface area contributed by atoms with Crippen LogP contribution in [0.2, 0.25) is 10.0 Å². The molecule has 1 fully saturated rings. The molecule has 0 spiro atoms. The molecule has 0 saturated carbocycles. The van der Waals surface area contributed by atoms with Crippen molar-refractivity contribution in [3.05, 3.63) is 74.2 Å². The fourth-order valence-electron chi connectivity index (χ4n) is 3.32. The number of thioether (sulfide) groups is 1. The van der Waals surface area contributed by atoms with Gasteiger partial charge in [-0.3, -0.25) is 14.5 Å². The van der Waals surface area contributed by atoms with E-state index in [9.17, 15) is 9.59 Å². The van der Waals surface area contributed by atoms with Crippen molar-refractivity contribution in [1.29, 1.82) is 0 Å². The molecule has 0 radical (unpaired) electrons. The van der Waals surface area contributed by atoms with Gasteiger partial charge in [-0.15, -0.1) is 0 Å². The van der Waals surface area contributed by atoms with Crippen LogP contribution in [-0.2, 0) is 18.4 Å². The topological polar surface area (TPSA) is 42.3 Å². The first-order valence-electron chi connectivity index (χ1n) is 8.60. The number of rotatable bonds is 3. The summed E-state index contributed by atoms with van der Waals surface area (Å²) >= 11 is 12.9. The van der Waals surface area contributed by atoms with Crippen LogP contribution < -0.4 is 0 Å². The summed E-state index contributed by atoms with van der Waals surface area (Å²) in [4.78, 5) is 27.0. The van der Waals surface area contributed by atoms with E-state index < -0.39 is 0 Å². The molecule has 28 heavy (non-hydrogen) atoms. The van der Waals surface area contributed by atoms with Crippen molar-refractivity contribution in [2.45, 2.75) is 13.5 Å². The molecule has 1 aliphatic heterocycles. The van der Waals surface area contributed by atoms with Crippen molar-refractivity contribution in [3.8, 4) is 0 Å². The van der Waals surface area contributed by atoms with Crippen molar-refractivity contribution in [1.82, 2.24) is 9.47 Å². The summed E-state index contributed by atoms with van der Waals surface area (Å²) < 4.78 is 2.08. The largest absolute Gasteiger partial charge is 0.347 e. The number of nitrogens with zero attached hydrogens (tertiary/aromatic N) is 2. The lowest BCUT2D eigenvalue weighted by Gasteiger charge is -2.12. The number of hydrogen-bond donors (Lipinski definition) is 0. The second-order valence-corrected chi connectivity index (χ2v) is 8.40. The van der Waals surface area contributed by atoms with Gasteiger partial charge in [-0.1, -0.05) is 47.5 Å². The van der Waals surface area contributed by atoms with E-state index in [2.05, 4.69) is 4.57 Å². The zero-order valence-corrected chi connectivity index (χ0v) is 17.5. The Morgan fingerprint density at radius 1 is 1.07 bits per heavy atom. The Kier molecular flexibility index (Phi) is 5.00. The lowest BCUT2D eigenvalue weighted by atomic mass is 10.1. The molecule has 7 heteroatoms. The summed E-state index contributed by atoms with van der Waals surface area (Å²) in [5.74, 6) is -0.298. The smallest absolute Gasteiger partial charge is 0.293 e. The Bertz CT molecular complexity index is 1170. The standard InChI is InChI=1S/C21H16Cl2N2O2S/c1-12-15(14-5-3-4-6-18(14)24(12)2)10-19-20(26)25(21(27)28-19)11-13-7-8-16(22)17(23)9-13/h3-10H,11H2,1-2H3/b19-10-. The molecular formula is C21H16Cl2N2O2S. The predicted octanol–water partition coefficient (Wildman–Crippen LogP) is 6.03. The number of halogens is 2. The number of carbonyl (C=O) groups is 2. The highest BCUT2D eigenvalue weighted by atomic mass is 35.5. The molecule has 0 bridgehead atoms. The second kappa shape index (κ2) is 7.32. The highest BCUT2D eigenvalue weighted by Gasteiger charge is 2.35. The molecule has 2 heterocycles. The monoisotopic (exact) mass is 430 g/mol. The molecule has 0 unspecified atom stereocenters. The Labute approximate surface area is 176 Å². The van der Waals surface area contributed by atoms with Gasteiger partial charge in [0.25, 0.3) is 11.1 Å². The van der Waals surface area contributed by atoms with Gasteiger partial charge < -0.3 is 4.57 Å². The molecule has 2 amide bonds. The van der Waals surface area contributed by atoms with E-state index in [1.54, 1.807) is 18.2 Å². The normalized spacial score (nSPS) is 16.0. The van der Waals surface area contributed by atoms with Gasteiger partial charge in [0, 0.05) is 29.2 Å². The van der Waals surface area contributed by atoms with Crippen LogP contribution in [0.15, 0.2) is 47.4 Å². The molecular weight excluding hydrogens is 415 g/mol. The quantitative estimate of drug-likeness (QED) is 0.476. The number of amides is 2. The van der Waals surface area contributed by atoms with Crippen LogP contribution in [0.3, 0.4) is 0 Å². The Hall–Kier alpha value is -2.21. The van der Waals surface area contributed by atoms with Crippen molar-refractivity contribution in [2.24, 2.45) is 7.05 Å². The number of benzene rings is 2. The number of imide groups is 1. The maximum Gasteiger partial charge on any atom is 0.293 e. The van der Waals surface area contributed by atoms with E-state index in [-0.39, 0.29) is 17.7 Å². The minimum Gasteiger partial charge on any atom is -0.347 e. The molecule has 0 aliphatic carbocycles. The summed E-state index contributed by atoms with van der Waals surface area (Å²) in [6.45, 7) is 2.17. The summed E-state index contributed by atoms with van der Waals surface area (Å²) in [5, 5.41) is 1.60. The predicted molar refractivity (Wildman–Crippen MR) is 116 cm³/mol. The molecule has 142 valence electrons. The number of fused-ring (bicyclic) bond motifs is 1. The van der Waals surface area contributed by atoms with Crippen molar-refractivity contribution in [3.63, 3.8) is 0 Å². The fourth-order valence-corrected chi connectivity index (χ4v) is 4.46. The van der Waals surface area contributed by atoms with Crippen LogP contribution >= 0.6 is 35.0 Å². The first kappa shape index (κ1) is 19.1. The van der Waals surface area contributed by atoms with E-state index in [0.29, 0.717) is 15.0 Å². The van der Waals surface area contributed by atoms with Crippen LogP contribution in [0.25, 0.3) is 17.0 Å². The minimum absolute atomic E-state index is 0.160. The van der Waals surface area contributed by atoms with Crippen LogP contribution in [0.4, 0.5) is 4.79 Å². The van der Waals surface area contributed by atoms with Crippen molar-refractivity contribution >= 4 is 63.1 Å². The third kappa shape index (κ3) is 3.24. The fraction of sp³-hybridized carbons (Fsp3) is 0.143. The second-order valence-electron chi connectivity index (χ2n) is 6.59. The average molecular weight is 431 g/mol. The first-order valence-corrected chi connectivity index (χ1v) is 10.2. The molecule has 1 aromatic heterocycles. The minimum atomic E-state index is -0.298. The van der Waals surface area contributed by atoms with E-state index >= 15 is 0 Å². The molecule has 3 aromatic rings.